The minimum Gasteiger partial charge on any atom is -0.445 e. The lowest BCUT2D eigenvalue weighted by molar-refractivity contribution is -0.134. The summed E-state index contributed by atoms with van der Waals surface area (Å²) in [6.07, 6.45) is 8.00. The van der Waals surface area contributed by atoms with Crippen LogP contribution in [0.2, 0.25) is 0 Å². The first kappa shape index (κ1) is 26.2. The third kappa shape index (κ3) is 6.47. The molecule has 0 unspecified atom stereocenters. The van der Waals surface area contributed by atoms with E-state index in [1.165, 1.54) is 24.0 Å². The molecule has 36 heavy (non-hydrogen) atoms. The molecule has 1 fully saturated rings. The van der Waals surface area contributed by atoms with Crippen molar-refractivity contribution in [1.29, 1.82) is 0 Å². The van der Waals surface area contributed by atoms with Gasteiger partial charge in [0.15, 0.2) is 0 Å². The second-order valence-corrected chi connectivity index (χ2v) is 10.4. The van der Waals surface area contributed by atoms with Crippen LogP contribution in [0.1, 0.15) is 75.0 Å². The van der Waals surface area contributed by atoms with Gasteiger partial charge in [-0.3, -0.25) is 4.79 Å². The van der Waals surface area contributed by atoms with Crippen molar-refractivity contribution in [3.05, 3.63) is 65.2 Å². The second kappa shape index (κ2) is 12.4. The molecule has 2 aromatic rings. The largest absolute Gasteiger partial charge is 0.445 e. The number of nitrogens with one attached hydrogen (secondary N) is 1. The summed E-state index contributed by atoms with van der Waals surface area (Å²) in [6.45, 7) is 3.15. The van der Waals surface area contributed by atoms with Crippen molar-refractivity contribution in [3.8, 4) is 5.75 Å². The molecule has 0 aromatic heterocycles. The Morgan fingerprint density at radius 3 is 2.69 bits per heavy atom. The maximum atomic E-state index is 12.9. The maximum absolute atomic E-state index is 12.9. The van der Waals surface area contributed by atoms with Crippen LogP contribution in [-0.4, -0.2) is 31.8 Å². The molecule has 0 aliphatic heterocycles. The predicted octanol–water partition coefficient (Wildman–Crippen LogP) is 6.10. The third-order valence-corrected chi connectivity index (χ3v) is 7.80. The number of amides is 1. The van der Waals surface area contributed by atoms with Gasteiger partial charge in [-0.05, 0) is 66.8 Å². The second-order valence-electron chi connectivity index (χ2n) is 10.4. The molecule has 4 rings (SSSR count). The van der Waals surface area contributed by atoms with E-state index in [1.807, 2.05) is 42.5 Å². The first-order valence-corrected chi connectivity index (χ1v) is 13.3. The standard InChI is InChI=1S/C30H39NO5/c1-30-17-9-4-7-13-24(28(30)31-29(33)35-21-22-11-5-3-6-12-22)19-23-15-16-25(20-26(23)30)36-27(32)14-8-10-18-34-2/h3,5-6,11-12,15-16,20,24,28H,4,7-10,13-14,17-19,21H2,1-2H3,(H,31,33)/t24-,28-,30+/m0/s1. The van der Waals surface area contributed by atoms with Crippen LogP contribution in [0.5, 0.6) is 5.75 Å². The first-order chi connectivity index (χ1) is 17.5. The van der Waals surface area contributed by atoms with E-state index in [0.29, 0.717) is 24.7 Å². The quantitative estimate of drug-likeness (QED) is 0.260. The summed E-state index contributed by atoms with van der Waals surface area (Å²) in [5.74, 6) is 0.709. The highest BCUT2D eigenvalue weighted by Gasteiger charge is 2.46. The van der Waals surface area contributed by atoms with Gasteiger partial charge >= 0.3 is 12.1 Å². The van der Waals surface area contributed by atoms with E-state index in [0.717, 1.165) is 44.1 Å². The summed E-state index contributed by atoms with van der Waals surface area (Å²) in [5, 5.41) is 3.26. The van der Waals surface area contributed by atoms with Gasteiger partial charge in [0.25, 0.3) is 0 Å². The lowest BCUT2D eigenvalue weighted by Crippen LogP contribution is -2.57. The maximum Gasteiger partial charge on any atom is 0.407 e. The van der Waals surface area contributed by atoms with Crippen LogP contribution in [0, 0.1) is 5.92 Å². The number of carbonyl (C=O) groups excluding carboxylic acids is 2. The topological polar surface area (TPSA) is 73.9 Å². The monoisotopic (exact) mass is 493 g/mol. The Morgan fingerprint density at radius 2 is 1.89 bits per heavy atom. The number of methoxy groups -OCH3 is 1. The summed E-state index contributed by atoms with van der Waals surface area (Å²) < 4.78 is 16.4. The number of ether oxygens (including phenoxy) is 3. The normalized spacial score (nSPS) is 23.1. The molecule has 1 amide bonds. The van der Waals surface area contributed by atoms with Crippen molar-refractivity contribution in [3.63, 3.8) is 0 Å². The van der Waals surface area contributed by atoms with Gasteiger partial charge in [0, 0.05) is 31.6 Å². The Kier molecular flexibility index (Phi) is 9.03. The van der Waals surface area contributed by atoms with Gasteiger partial charge in [-0.15, -0.1) is 0 Å². The third-order valence-electron chi connectivity index (χ3n) is 7.80. The number of unbranched alkanes of at least 4 members (excludes halogenated alkanes) is 1. The van der Waals surface area contributed by atoms with Crippen LogP contribution in [0.15, 0.2) is 48.5 Å². The fraction of sp³-hybridized carbons (Fsp3) is 0.533. The number of benzene rings is 2. The number of hydrogen-bond acceptors (Lipinski definition) is 5. The highest BCUT2D eigenvalue weighted by atomic mass is 16.5. The average molecular weight is 494 g/mol. The van der Waals surface area contributed by atoms with Crippen LogP contribution < -0.4 is 10.1 Å². The molecule has 6 heteroatoms. The summed E-state index contributed by atoms with van der Waals surface area (Å²) in [4.78, 5) is 25.3. The first-order valence-electron chi connectivity index (χ1n) is 13.3. The summed E-state index contributed by atoms with van der Waals surface area (Å²) in [7, 11) is 1.66. The molecule has 2 aromatic carbocycles. The van der Waals surface area contributed by atoms with Gasteiger partial charge in [0.2, 0.25) is 0 Å². The SMILES string of the molecule is COCCCCC(=O)Oc1ccc2c(c1)[C@@]1(C)CCCCC[C@@H](C2)[C@@H]1NC(=O)OCc1ccccc1. The van der Waals surface area contributed by atoms with Crippen molar-refractivity contribution in [2.45, 2.75) is 82.8 Å². The van der Waals surface area contributed by atoms with Crippen molar-refractivity contribution in [2.75, 3.05) is 13.7 Å². The van der Waals surface area contributed by atoms with Crippen molar-refractivity contribution in [2.24, 2.45) is 5.92 Å². The smallest absolute Gasteiger partial charge is 0.407 e. The summed E-state index contributed by atoms with van der Waals surface area (Å²) in [5.41, 5.74) is 3.18. The average Bonchev–Trinajstić information content (AvgIpc) is 2.88. The molecule has 1 N–H and O–H groups in total. The van der Waals surface area contributed by atoms with Crippen molar-refractivity contribution in [1.82, 2.24) is 5.32 Å². The highest BCUT2D eigenvalue weighted by molar-refractivity contribution is 5.72. The van der Waals surface area contributed by atoms with Crippen LogP contribution >= 0.6 is 0 Å². The summed E-state index contributed by atoms with van der Waals surface area (Å²) in [6, 6.07) is 15.8. The molecule has 2 bridgehead atoms. The number of hydrogen-bond donors (Lipinski definition) is 1. The minimum atomic E-state index is -0.372. The van der Waals surface area contributed by atoms with E-state index in [1.54, 1.807) is 7.11 Å². The zero-order chi connectivity index (χ0) is 25.4. The Balaban J connectivity index is 1.50. The van der Waals surface area contributed by atoms with E-state index in [2.05, 4.69) is 18.3 Å². The molecule has 0 radical (unpaired) electrons. The molecule has 2 aliphatic carbocycles. The number of fused-ring (bicyclic) bond motifs is 4. The van der Waals surface area contributed by atoms with Crippen LogP contribution in [0.4, 0.5) is 4.79 Å². The minimum absolute atomic E-state index is 0.0337. The zero-order valence-corrected chi connectivity index (χ0v) is 21.6. The van der Waals surface area contributed by atoms with Crippen LogP contribution in [0.25, 0.3) is 0 Å². The number of esters is 1. The highest BCUT2D eigenvalue weighted by Crippen LogP contribution is 2.47. The van der Waals surface area contributed by atoms with E-state index < -0.39 is 0 Å². The van der Waals surface area contributed by atoms with Gasteiger partial charge in [-0.2, -0.15) is 0 Å². The molecule has 0 saturated heterocycles. The summed E-state index contributed by atoms with van der Waals surface area (Å²) >= 11 is 0. The number of alkyl carbamates (subject to hydrolysis) is 1. The van der Waals surface area contributed by atoms with E-state index in [-0.39, 0.29) is 30.1 Å². The van der Waals surface area contributed by atoms with Gasteiger partial charge in [-0.1, -0.05) is 62.6 Å². The number of carbonyl (C=O) groups is 2. The van der Waals surface area contributed by atoms with Gasteiger partial charge in [0.1, 0.15) is 12.4 Å². The molecule has 0 spiro atoms. The molecule has 1 saturated carbocycles. The molecule has 6 nitrogen and oxygen atoms in total. The van der Waals surface area contributed by atoms with Crippen LogP contribution in [0.3, 0.4) is 0 Å². The van der Waals surface area contributed by atoms with Gasteiger partial charge < -0.3 is 19.5 Å². The van der Waals surface area contributed by atoms with Crippen LogP contribution in [-0.2, 0) is 32.7 Å². The van der Waals surface area contributed by atoms with E-state index in [4.69, 9.17) is 14.2 Å². The van der Waals surface area contributed by atoms with Crippen molar-refractivity contribution < 1.29 is 23.8 Å². The molecule has 3 atom stereocenters. The lowest BCUT2D eigenvalue weighted by Gasteiger charge is -2.49. The molecular formula is C30H39NO5. The van der Waals surface area contributed by atoms with E-state index in [9.17, 15) is 9.59 Å². The van der Waals surface area contributed by atoms with Gasteiger partial charge in [0.05, 0.1) is 0 Å². The molecular weight excluding hydrogens is 454 g/mol. The van der Waals surface area contributed by atoms with Gasteiger partial charge in [-0.25, -0.2) is 4.79 Å². The Labute approximate surface area is 214 Å². The fourth-order valence-corrected chi connectivity index (χ4v) is 5.92. The lowest BCUT2D eigenvalue weighted by atomic mass is 9.59. The fourth-order valence-electron chi connectivity index (χ4n) is 5.92. The molecule has 0 heterocycles. The zero-order valence-electron chi connectivity index (χ0n) is 21.6. The molecule has 194 valence electrons. The Hall–Kier alpha value is -2.86. The predicted molar refractivity (Wildman–Crippen MR) is 139 cm³/mol. The van der Waals surface area contributed by atoms with E-state index >= 15 is 0 Å². The Bertz CT molecular complexity index is 1020. The Morgan fingerprint density at radius 1 is 1.06 bits per heavy atom. The van der Waals surface area contributed by atoms with Crippen molar-refractivity contribution >= 4 is 12.1 Å². The number of rotatable bonds is 9. The molecule has 2 aliphatic rings.